The third-order valence-corrected chi connectivity index (χ3v) is 4.21. The van der Waals surface area contributed by atoms with Crippen LogP contribution in [0.15, 0.2) is 53.4 Å². The Labute approximate surface area is 104 Å². The van der Waals surface area contributed by atoms with Crippen LogP contribution in [0.4, 0.5) is 10.1 Å². The van der Waals surface area contributed by atoms with Crippen LogP contribution >= 0.6 is 11.8 Å². The van der Waals surface area contributed by atoms with Crippen LogP contribution in [0.25, 0.3) is 0 Å². The highest BCUT2D eigenvalue weighted by Gasteiger charge is 2.19. The van der Waals surface area contributed by atoms with Crippen LogP contribution in [0.1, 0.15) is 10.8 Å². The van der Waals surface area contributed by atoms with Crippen molar-refractivity contribution in [1.29, 1.82) is 0 Å². The van der Waals surface area contributed by atoms with Gasteiger partial charge in [-0.25, -0.2) is 4.39 Å². The highest BCUT2D eigenvalue weighted by atomic mass is 32.2. The molecular formula is C14H12FNS. The average Bonchev–Trinajstić information content (AvgIpc) is 2.39. The van der Waals surface area contributed by atoms with Gasteiger partial charge in [0, 0.05) is 17.1 Å². The summed E-state index contributed by atoms with van der Waals surface area (Å²) in [6, 6.07) is 15.1. The third-order valence-electron chi connectivity index (χ3n) is 2.88. The maximum Gasteiger partial charge on any atom is 0.123 e. The highest BCUT2D eigenvalue weighted by Crippen LogP contribution is 2.42. The molecule has 2 aromatic rings. The van der Waals surface area contributed by atoms with Gasteiger partial charge in [-0.05, 0) is 29.8 Å². The quantitative estimate of drug-likeness (QED) is 0.812. The summed E-state index contributed by atoms with van der Waals surface area (Å²) in [6.07, 6.45) is 0. The van der Waals surface area contributed by atoms with E-state index in [1.807, 2.05) is 36.0 Å². The minimum absolute atomic E-state index is 0.178. The zero-order valence-corrected chi connectivity index (χ0v) is 10.0. The third kappa shape index (κ3) is 2.15. The molecule has 1 atom stereocenters. The molecule has 1 N–H and O–H groups in total. The number of benzene rings is 2. The Bertz CT molecular complexity index is 524. The van der Waals surface area contributed by atoms with E-state index in [2.05, 4.69) is 17.4 Å². The van der Waals surface area contributed by atoms with Crippen molar-refractivity contribution in [3.05, 3.63) is 59.9 Å². The lowest BCUT2D eigenvalue weighted by molar-refractivity contribution is 0.627. The Morgan fingerprint density at radius 1 is 1.06 bits per heavy atom. The van der Waals surface area contributed by atoms with E-state index in [4.69, 9.17) is 0 Å². The molecule has 1 heterocycles. The number of rotatable bonds is 1. The highest BCUT2D eigenvalue weighted by molar-refractivity contribution is 7.99. The number of anilines is 1. The molecule has 2 aromatic carbocycles. The Morgan fingerprint density at radius 3 is 2.65 bits per heavy atom. The summed E-state index contributed by atoms with van der Waals surface area (Å²) in [5, 5.41) is 3.76. The molecule has 0 bridgehead atoms. The zero-order valence-electron chi connectivity index (χ0n) is 9.19. The van der Waals surface area contributed by atoms with Gasteiger partial charge >= 0.3 is 0 Å². The van der Waals surface area contributed by atoms with E-state index in [1.54, 1.807) is 0 Å². The number of thioether (sulfide) groups is 1. The first kappa shape index (κ1) is 10.7. The summed E-state index contributed by atoms with van der Waals surface area (Å²) >= 11 is 1.83. The zero-order chi connectivity index (χ0) is 11.7. The molecule has 0 amide bonds. The number of halogens is 1. The fraction of sp³-hybridized carbons (Fsp3) is 0.143. The van der Waals surface area contributed by atoms with Crippen molar-refractivity contribution < 1.29 is 4.39 Å². The van der Waals surface area contributed by atoms with Gasteiger partial charge < -0.3 is 5.32 Å². The molecule has 1 nitrogen and oxygen atoms in total. The molecule has 0 aliphatic carbocycles. The van der Waals surface area contributed by atoms with Gasteiger partial charge in [0.1, 0.15) is 5.82 Å². The summed E-state index contributed by atoms with van der Waals surface area (Å²) in [4.78, 5) is 1.26. The average molecular weight is 245 g/mol. The summed E-state index contributed by atoms with van der Waals surface area (Å²) in [5.41, 5.74) is 2.36. The number of hydrogen-bond donors (Lipinski definition) is 1. The smallest absolute Gasteiger partial charge is 0.123 e. The lowest BCUT2D eigenvalue weighted by atomic mass is 10.1. The van der Waals surface area contributed by atoms with Gasteiger partial charge in [0.05, 0.1) is 5.25 Å². The molecule has 1 aliphatic heterocycles. The van der Waals surface area contributed by atoms with Crippen LogP contribution < -0.4 is 5.32 Å². The minimum Gasteiger partial charge on any atom is -0.383 e. The lowest BCUT2D eigenvalue weighted by Crippen LogP contribution is -2.15. The molecule has 0 fully saturated rings. The van der Waals surface area contributed by atoms with E-state index in [9.17, 15) is 4.39 Å². The second-order valence-corrected chi connectivity index (χ2v) is 5.28. The summed E-state index contributed by atoms with van der Waals surface area (Å²) in [6.45, 7) is 0.882. The number of nitrogens with one attached hydrogen (secondary N) is 1. The predicted molar refractivity (Wildman–Crippen MR) is 69.9 cm³/mol. The molecule has 0 radical (unpaired) electrons. The Kier molecular flexibility index (Phi) is 2.77. The molecule has 3 rings (SSSR count). The molecule has 1 aliphatic rings. The maximum absolute atomic E-state index is 12.9. The molecule has 0 aromatic heterocycles. The van der Waals surface area contributed by atoms with Gasteiger partial charge in [0.25, 0.3) is 0 Å². The topological polar surface area (TPSA) is 12.0 Å². The van der Waals surface area contributed by atoms with Gasteiger partial charge in [-0.15, -0.1) is 11.8 Å². The number of para-hydroxylation sites is 1. The fourth-order valence-electron chi connectivity index (χ4n) is 1.98. The summed E-state index contributed by atoms with van der Waals surface area (Å²) in [7, 11) is 0. The van der Waals surface area contributed by atoms with Crippen LogP contribution in [-0.2, 0) is 0 Å². The molecule has 3 heteroatoms. The molecule has 17 heavy (non-hydrogen) atoms. The van der Waals surface area contributed by atoms with E-state index in [0.29, 0.717) is 5.25 Å². The van der Waals surface area contributed by atoms with Gasteiger partial charge in [-0.1, -0.05) is 24.3 Å². The van der Waals surface area contributed by atoms with Crippen LogP contribution in [0, 0.1) is 5.82 Å². The molecule has 0 saturated heterocycles. The van der Waals surface area contributed by atoms with Crippen LogP contribution in [0.5, 0.6) is 0 Å². The van der Waals surface area contributed by atoms with Crippen LogP contribution in [-0.4, -0.2) is 6.54 Å². The van der Waals surface area contributed by atoms with Crippen molar-refractivity contribution in [3.8, 4) is 0 Å². The molecule has 0 saturated carbocycles. The minimum atomic E-state index is -0.178. The summed E-state index contributed by atoms with van der Waals surface area (Å²) < 4.78 is 12.9. The first-order chi connectivity index (χ1) is 8.33. The first-order valence-corrected chi connectivity index (χ1v) is 6.46. The molecule has 1 unspecified atom stereocenters. The second kappa shape index (κ2) is 4.41. The van der Waals surface area contributed by atoms with E-state index < -0.39 is 0 Å². The van der Waals surface area contributed by atoms with Gasteiger partial charge in [0.15, 0.2) is 0 Å². The Balaban J connectivity index is 1.86. The van der Waals surface area contributed by atoms with Gasteiger partial charge in [0.2, 0.25) is 0 Å². The monoisotopic (exact) mass is 245 g/mol. The molecule has 0 spiro atoms. The summed E-state index contributed by atoms with van der Waals surface area (Å²) in [5.74, 6) is -0.178. The van der Waals surface area contributed by atoms with E-state index in [0.717, 1.165) is 6.54 Å². The van der Waals surface area contributed by atoms with Crippen molar-refractivity contribution in [1.82, 2.24) is 0 Å². The van der Waals surface area contributed by atoms with Gasteiger partial charge in [-0.3, -0.25) is 0 Å². The van der Waals surface area contributed by atoms with Gasteiger partial charge in [-0.2, -0.15) is 0 Å². The van der Waals surface area contributed by atoms with Crippen LogP contribution in [0.2, 0.25) is 0 Å². The van der Waals surface area contributed by atoms with Crippen molar-refractivity contribution >= 4 is 17.4 Å². The van der Waals surface area contributed by atoms with Crippen molar-refractivity contribution in [2.45, 2.75) is 10.1 Å². The normalized spacial score (nSPS) is 18.3. The predicted octanol–water partition coefficient (Wildman–Crippen LogP) is 4.08. The largest absolute Gasteiger partial charge is 0.383 e. The number of hydrogen-bond acceptors (Lipinski definition) is 2. The van der Waals surface area contributed by atoms with E-state index in [1.165, 1.54) is 28.3 Å². The standard InChI is InChI=1S/C14H12FNS/c15-11-7-5-10(6-8-11)14-9-16-12-3-1-2-4-13(12)17-14/h1-8,14,16H,9H2. The lowest BCUT2D eigenvalue weighted by Gasteiger charge is -2.25. The fourth-order valence-corrected chi connectivity index (χ4v) is 3.17. The van der Waals surface area contributed by atoms with E-state index >= 15 is 0 Å². The van der Waals surface area contributed by atoms with E-state index in [-0.39, 0.29) is 5.82 Å². The SMILES string of the molecule is Fc1ccc(C2CNc3ccccc3S2)cc1. The molecular weight excluding hydrogens is 233 g/mol. The van der Waals surface area contributed by atoms with Crippen molar-refractivity contribution in [3.63, 3.8) is 0 Å². The van der Waals surface area contributed by atoms with Crippen LogP contribution in [0.3, 0.4) is 0 Å². The second-order valence-electron chi connectivity index (χ2n) is 4.04. The molecule has 86 valence electrons. The Hall–Kier alpha value is -1.48. The Morgan fingerprint density at radius 2 is 1.82 bits per heavy atom. The van der Waals surface area contributed by atoms with Crippen molar-refractivity contribution in [2.24, 2.45) is 0 Å². The van der Waals surface area contributed by atoms with Crippen molar-refractivity contribution in [2.75, 3.05) is 11.9 Å². The maximum atomic E-state index is 12.9. The number of fused-ring (bicyclic) bond motifs is 1. The first-order valence-electron chi connectivity index (χ1n) is 5.58.